The number of aromatic nitrogens is 3. The Morgan fingerprint density at radius 3 is 2.55 bits per heavy atom. The summed E-state index contributed by atoms with van der Waals surface area (Å²) < 4.78 is 40.3. The lowest BCUT2D eigenvalue weighted by Gasteiger charge is -2.08. The van der Waals surface area contributed by atoms with E-state index in [4.69, 9.17) is 0 Å². The fourth-order valence-corrected chi connectivity index (χ4v) is 2.71. The number of carbonyl (C=O) groups is 1. The molecule has 0 saturated heterocycles. The Kier molecular flexibility index (Phi) is 5.10. The molecule has 0 aliphatic rings. The van der Waals surface area contributed by atoms with E-state index in [0.717, 1.165) is 22.8 Å². The third-order valence-corrected chi connectivity index (χ3v) is 4.20. The van der Waals surface area contributed by atoms with E-state index in [9.17, 15) is 27.6 Å². The lowest BCUT2D eigenvalue weighted by molar-refractivity contribution is -0.137. The van der Waals surface area contributed by atoms with Gasteiger partial charge in [-0.15, -0.1) is 0 Å². The number of rotatable bonds is 3. The van der Waals surface area contributed by atoms with Crippen LogP contribution in [-0.2, 0) is 25.1 Å². The molecule has 3 rings (SSSR count). The highest BCUT2D eigenvalue weighted by Crippen LogP contribution is 2.29. The first-order valence-corrected chi connectivity index (χ1v) is 8.30. The lowest BCUT2D eigenvalue weighted by Crippen LogP contribution is -2.37. The van der Waals surface area contributed by atoms with Gasteiger partial charge >= 0.3 is 11.9 Å². The van der Waals surface area contributed by atoms with Gasteiger partial charge in [-0.05, 0) is 29.8 Å². The smallest absolute Gasteiger partial charge is 0.321 e. The van der Waals surface area contributed by atoms with Crippen LogP contribution in [0.1, 0.15) is 11.1 Å². The first-order valence-electron chi connectivity index (χ1n) is 8.30. The summed E-state index contributed by atoms with van der Waals surface area (Å²) in [5.74, 6) is -0.620. The fourth-order valence-electron chi connectivity index (χ4n) is 2.71. The summed E-state index contributed by atoms with van der Waals surface area (Å²) >= 11 is 0. The molecule has 29 heavy (non-hydrogen) atoms. The van der Waals surface area contributed by atoms with Gasteiger partial charge in [-0.25, -0.2) is 9.78 Å². The molecular weight excluding hydrogens is 389 g/mol. The second-order valence-electron chi connectivity index (χ2n) is 6.25. The van der Waals surface area contributed by atoms with Crippen molar-refractivity contribution in [2.75, 3.05) is 5.32 Å². The number of anilines is 1. The summed E-state index contributed by atoms with van der Waals surface area (Å²) in [5.41, 5.74) is -1.35. The average Bonchev–Trinajstić information content (AvgIpc) is 2.68. The van der Waals surface area contributed by atoms with Crippen LogP contribution in [0.2, 0.25) is 0 Å². The minimum Gasteiger partial charge on any atom is -0.321 e. The van der Waals surface area contributed by atoms with Gasteiger partial charge in [0.05, 0.1) is 22.8 Å². The topological polar surface area (TPSA) is 86.0 Å². The molecule has 2 aromatic heterocycles. The van der Waals surface area contributed by atoms with E-state index in [1.165, 1.54) is 49.1 Å². The van der Waals surface area contributed by atoms with Crippen molar-refractivity contribution < 1.29 is 18.0 Å². The molecule has 10 heteroatoms. The van der Waals surface area contributed by atoms with Gasteiger partial charge in [0.25, 0.3) is 5.56 Å². The molecule has 0 unspecified atom stereocenters. The Morgan fingerprint density at radius 1 is 1.14 bits per heavy atom. The number of halogens is 3. The molecule has 2 heterocycles. The Morgan fingerprint density at radius 2 is 1.86 bits per heavy atom. The standard InChI is InChI=1S/C19H15F3N4O3/c1-25-16-14(17(28)26(2)18(25)29)9-13(10-23-16)24-15(27)7-6-11-4-3-5-12(8-11)19(20,21)22/h3-10H,1-2H3,(H,24,27)/b7-6+. The van der Waals surface area contributed by atoms with Crippen LogP contribution in [0.25, 0.3) is 17.1 Å². The maximum Gasteiger partial charge on any atom is 0.416 e. The number of fused-ring (bicyclic) bond motifs is 1. The van der Waals surface area contributed by atoms with Gasteiger partial charge in [0, 0.05) is 20.2 Å². The Labute approximate surface area is 161 Å². The van der Waals surface area contributed by atoms with Crippen LogP contribution in [0.5, 0.6) is 0 Å². The summed E-state index contributed by atoms with van der Waals surface area (Å²) in [4.78, 5) is 40.3. The van der Waals surface area contributed by atoms with Crippen molar-refractivity contribution in [3.63, 3.8) is 0 Å². The average molecular weight is 404 g/mol. The second kappa shape index (κ2) is 7.38. The summed E-state index contributed by atoms with van der Waals surface area (Å²) in [6.07, 6.45) is -0.896. The zero-order valence-corrected chi connectivity index (χ0v) is 15.3. The Bertz CT molecular complexity index is 1260. The zero-order chi connectivity index (χ0) is 21.3. The van der Waals surface area contributed by atoms with Gasteiger partial charge in [-0.2, -0.15) is 13.2 Å². The highest BCUT2D eigenvalue weighted by atomic mass is 19.4. The summed E-state index contributed by atoms with van der Waals surface area (Å²) in [7, 11) is 2.79. The molecule has 0 fully saturated rings. The van der Waals surface area contributed by atoms with Crippen LogP contribution in [0.3, 0.4) is 0 Å². The normalized spacial score (nSPS) is 11.9. The summed E-state index contributed by atoms with van der Waals surface area (Å²) in [6.45, 7) is 0. The molecule has 0 atom stereocenters. The molecular formula is C19H15F3N4O3. The van der Waals surface area contributed by atoms with Crippen molar-refractivity contribution in [2.24, 2.45) is 14.1 Å². The molecule has 0 aliphatic carbocycles. The highest BCUT2D eigenvalue weighted by Gasteiger charge is 2.30. The number of pyridine rings is 1. The van der Waals surface area contributed by atoms with Crippen LogP contribution in [0, 0.1) is 0 Å². The largest absolute Gasteiger partial charge is 0.416 e. The molecule has 1 amide bonds. The van der Waals surface area contributed by atoms with Crippen LogP contribution in [0.4, 0.5) is 18.9 Å². The van der Waals surface area contributed by atoms with E-state index in [1.54, 1.807) is 0 Å². The van der Waals surface area contributed by atoms with Crippen molar-refractivity contribution in [3.05, 3.63) is 74.6 Å². The summed E-state index contributed by atoms with van der Waals surface area (Å²) in [6, 6.07) is 5.91. The van der Waals surface area contributed by atoms with E-state index in [-0.39, 0.29) is 22.3 Å². The fraction of sp³-hybridized carbons (Fsp3) is 0.158. The molecule has 1 aromatic carbocycles. The molecule has 3 aromatic rings. The monoisotopic (exact) mass is 404 g/mol. The first-order chi connectivity index (χ1) is 13.6. The lowest BCUT2D eigenvalue weighted by atomic mass is 10.1. The number of benzene rings is 1. The van der Waals surface area contributed by atoms with Crippen molar-refractivity contribution in [1.29, 1.82) is 0 Å². The number of alkyl halides is 3. The van der Waals surface area contributed by atoms with Crippen LogP contribution in [0.15, 0.2) is 52.2 Å². The SMILES string of the molecule is Cn1c(=O)c2cc(NC(=O)/C=C/c3cccc(C(F)(F)F)c3)cnc2n(C)c1=O. The summed E-state index contributed by atoms with van der Waals surface area (Å²) in [5, 5.41) is 2.62. The van der Waals surface area contributed by atoms with Gasteiger partial charge in [0.1, 0.15) is 5.65 Å². The predicted octanol–water partition coefficient (Wildman–Crippen LogP) is 2.30. The van der Waals surface area contributed by atoms with Crippen molar-refractivity contribution in [2.45, 2.75) is 6.18 Å². The van der Waals surface area contributed by atoms with E-state index in [2.05, 4.69) is 10.3 Å². The molecule has 0 aliphatic heterocycles. The molecule has 0 radical (unpaired) electrons. The van der Waals surface area contributed by atoms with Gasteiger partial charge < -0.3 is 5.32 Å². The van der Waals surface area contributed by atoms with Crippen molar-refractivity contribution in [3.8, 4) is 0 Å². The predicted molar refractivity (Wildman–Crippen MR) is 101 cm³/mol. The maximum absolute atomic E-state index is 12.7. The quantitative estimate of drug-likeness (QED) is 0.679. The molecule has 0 spiro atoms. The van der Waals surface area contributed by atoms with Crippen LogP contribution in [-0.4, -0.2) is 20.0 Å². The second-order valence-corrected chi connectivity index (χ2v) is 6.25. The van der Waals surface area contributed by atoms with E-state index < -0.39 is 28.9 Å². The third-order valence-electron chi connectivity index (χ3n) is 4.20. The molecule has 1 N–H and O–H groups in total. The Balaban J connectivity index is 1.84. The molecule has 0 saturated carbocycles. The number of hydrogen-bond acceptors (Lipinski definition) is 4. The number of amides is 1. The highest BCUT2D eigenvalue weighted by molar-refractivity contribution is 6.02. The van der Waals surface area contributed by atoms with Gasteiger partial charge in [-0.3, -0.25) is 18.7 Å². The minimum atomic E-state index is -4.48. The number of nitrogens with one attached hydrogen (secondary N) is 1. The van der Waals surface area contributed by atoms with Crippen molar-refractivity contribution in [1.82, 2.24) is 14.1 Å². The first kappa shape index (κ1) is 20.1. The minimum absolute atomic E-state index is 0.134. The zero-order valence-electron chi connectivity index (χ0n) is 15.3. The third kappa shape index (κ3) is 4.10. The number of hydrogen-bond donors (Lipinski definition) is 1. The van der Waals surface area contributed by atoms with Crippen LogP contribution < -0.4 is 16.6 Å². The van der Waals surface area contributed by atoms with Gasteiger partial charge in [0.15, 0.2) is 0 Å². The Hall–Kier alpha value is -3.69. The molecule has 150 valence electrons. The molecule has 7 nitrogen and oxygen atoms in total. The van der Waals surface area contributed by atoms with Crippen molar-refractivity contribution >= 4 is 28.7 Å². The van der Waals surface area contributed by atoms with E-state index in [0.29, 0.717) is 0 Å². The van der Waals surface area contributed by atoms with Crippen LogP contribution >= 0.6 is 0 Å². The van der Waals surface area contributed by atoms with Gasteiger partial charge in [-0.1, -0.05) is 12.1 Å². The number of aryl methyl sites for hydroxylation is 1. The van der Waals surface area contributed by atoms with E-state index in [1.807, 2.05) is 0 Å². The molecule has 0 bridgehead atoms. The number of carbonyl (C=O) groups excluding carboxylic acids is 1. The maximum atomic E-state index is 12.7. The van der Waals surface area contributed by atoms with Gasteiger partial charge in [0.2, 0.25) is 5.91 Å². The van der Waals surface area contributed by atoms with E-state index >= 15 is 0 Å². The number of nitrogens with zero attached hydrogens (tertiary/aromatic N) is 3.